The van der Waals surface area contributed by atoms with Crippen LogP contribution in [0.3, 0.4) is 0 Å². The standard InChI is InChI=1S/C13H18BrFN2/c1-9-7-11(16-2)5-6-17(9)13-4-3-10(14)8-12(13)15/h3-4,8-9,11,16H,5-7H2,1-2H3. The molecule has 2 unspecified atom stereocenters. The van der Waals surface area contributed by atoms with Gasteiger partial charge in [0, 0.05) is 23.1 Å². The first-order valence-corrected chi connectivity index (χ1v) is 6.80. The van der Waals surface area contributed by atoms with E-state index in [0.29, 0.717) is 12.1 Å². The Bertz CT molecular complexity index is 397. The number of hydrogen-bond donors (Lipinski definition) is 1. The van der Waals surface area contributed by atoms with Crippen molar-refractivity contribution in [2.45, 2.75) is 31.8 Å². The molecule has 1 aliphatic rings. The summed E-state index contributed by atoms with van der Waals surface area (Å²) in [6.07, 6.45) is 2.13. The summed E-state index contributed by atoms with van der Waals surface area (Å²) < 4.78 is 14.7. The van der Waals surface area contributed by atoms with Crippen molar-refractivity contribution in [3.8, 4) is 0 Å². The summed E-state index contributed by atoms with van der Waals surface area (Å²) in [5, 5.41) is 3.30. The Balaban J connectivity index is 2.17. The lowest BCUT2D eigenvalue weighted by atomic mass is 9.97. The molecular formula is C13H18BrFN2. The molecule has 2 nitrogen and oxygen atoms in total. The van der Waals surface area contributed by atoms with Gasteiger partial charge in [-0.1, -0.05) is 15.9 Å². The van der Waals surface area contributed by atoms with E-state index in [9.17, 15) is 4.39 Å². The lowest BCUT2D eigenvalue weighted by Crippen LogP contribution is -2.47. The van der Waals surface area contributed by atoms with Crippen LogP contribution in [0.15, 0.2) is 22.7 Å². The molecule has 1 aliphatic heterocycles. The largest absolute Gasteiger partial charge is 0.366 e. The quantitative estimate of drug-likeness (QED) is 0.902. The third-order valence-electron chi connectivity index (χ3n) is 3.50. The highest BCUT2D eigenvalue weighted by Gasteiger charge is 2.26. The molecule has 0 aliphatic carbocycles. The first kappa shape index (κ1) is 12.8. The van der Waals surface area contributed by atoms with E-state index in [4.69, 9.17) is 0 Å². The van der Waals surface area contributed by atoms with E-state index in [0.717, 1.165) is 29.5 Å². The van der Waals surface area contributed by atoms with Crippen LogP contribution in [0.25, 0.3) is 0 Å². The van der Waals surface area contributed by atoms with Gasteiger partial charge in [0.2, 0.25) is 0 Å². The number of piperidine rings is 1. The van der Waals surface area contributed by atoms with E-state index in [-0.39, 0.29) is 5.82 Å². The van der Waals surface area contributed by atoms with E-state index < -0.39 is 0 Å². The minimum Gasteiger partial charge on any atom is -0.366 e. The summed E-state index contributed by atoms with van der Waals surface area (Å²) in [6.45, 7) is 3.07. The van der Waals surface area contributed by atoms with Gasteiger partial charge in [-0.05, 0) is 45.0 Å². The second-order valence-electron chi connectivity index (χ2n) is 4.65. The first-order valence-electron chi connectivity index (χ1n) is 6.00. The molecule has 0 amide bonds. The predicted molar refractivity (Wildman–Crippen MR) is 73.0 cm³/mol. The monoisotopic (exact) mass is 300 g/mol. The third-order valence-corrected chi connectivity index (χ3v) is 4.00. The van der Waals surface area contributed by atoms with Crippen LogP contribution in [0.2, 0.25) is 0 Å². The van der Waals surface area contributed by atoms with E-state index in [1.807, 2.05) is 19.2 Å². The SMILES string of the molecule is CNC1CCN(c2ccc(Br)cc2F)C(C)C1. The Labute approximate surface area is 110 Å². The first-order chi connectivity index (χ1) is 8.11. The van der Waals surface area contributed by atoms with Crippen molar-refractivity contribution in [3.63, 3.8) is 0 Å². The third kappa shape index (κ3) is 2.80. The Morgan fingerprint density at radius 1 is 1.47 bits per heavy atom. The van der Waals surface area contributed by atoms with Crippen molar-refractivity contribution in [1.82, 2.24) is 5.32 Å². The van der Waals surface area contributed by atoms with Crippen LogP contribution in [0.4, 0.5) is 10.1 Å². The predicted octanol–water partition coefficient (Wildman–Crippen LogP) is 3.16. The van der Waals surface area contributed by atoms with Crippen molar-refractivity contribution < 1.29 is 4.39 Å². The Morgan fingerprint density at radius 3 is 2.82 bits per heavy atom. The van der Waals surface area contributed by atoms with E-state index in [2.05, 4.69) is 33.1 Å². The van der Waals surface area contributed by atoms with Crippen LogP contribution < -0.4 is 10.2 Å². The number of anilines is 1. The van der Waals surface area contributed by atoms with Gasteiger partial charge >= 0.3 is 0 Å². The fourth-order valence-corrected chi connectivity index (χ4v) is 2.84. The van der Waals surface area contributed by atoms with Crippen molar-refractivity contribution in [3.05, 3.63) is 28.5 Å². The maximum absolute atomic E-state index is 13.9. The molecule has 2 atom stereocenters. The fourth-order valence-electron chi connectivity index (χ4n) is 2.51. The maximum atomic E-state index is 13.9. The molecule has 0 aromatic heterocycles. The average molecular weight is 301 g/mol. The second-order valence-corrected chi connectivity index (χ2v) is 5.56. The lowest BCUT2D eigenvalue weighted by Gasteiger charge is -2.39. The number of benzene rings is 1. The minimum atomic E-state index is -0.144. The topological polar surface area (TPSA) is 15.3 Å². The molecule has 1 aromatic rings. The molecule has 1 N–H and O–H groups in total. The van der Waals surface area contributed by atoms with Crippen LogP contribution in [0, 0.1) is 5.82 Å². The number of hydrogen-bond acceptors (Lipinski definition) is 2. The van der Waals surface area contributed by atoms with E-state index in [1.165, 1.54) is 6.07 Å². The number of halogens is 2. The molecule has 17 heavy (non-hydrogen) atoms. The van der Waals surface area contributed by atoms with E-state index >= 15 is 0 Å². The van der Waals surface area contributed by atoms with Gasteiger partial charge in [0.1, 0.15) is 5.82 Å². The highest BCUT2D eigenvalue weighted by molar-refractivity contribution is 9.10. The zero-order valence-corrected chi connectivity index (χ0v) is 11.8. The van der Waals surface area contributed by atoms with Gasteiger partial charge in [-0.3, -0.25) is 0 Å². The summed E-state index contributed by atoms with van der Waals surface area (Å²) in [5.41, 5.74) is 0.718. The molecule has 0 bridgehead atoms. The van der Waals surface area contributed by atoms with Crippen LogP contribution in [-0.2, 0) is 0 Å². The van der Waals surface area contributed by atoms with Crippen molar-refractivity contribution >= 4 is 21.6 Å². The van der Waals surface area contributed by atoms with Crippen LogP contribution in [0.5, 0.6) is 0 Å². The molecule has 94 valence electrons. The van der Waals surface area contributed by atoms with Gasteiger partial charge in [-0.25, -0.2) is 4.39 Å². The van der Waals surface area contributed by atoms with Crippen molar-refractivity contribution in [2.24, 2.45) is 0 Å². The summed E-state index contributed by atoms with van der Waals surface area (Å²) in [5.74, 6) is -0.144. The lowest BCUT2D eigenvalue weighted by molar-refractivity contribution is 0.384. The van der Waals surface area contributed by atoms with Crippen molar-refractivity contribution in [2.75, 3.05) is 18.5 Å². The normalized spacial score (nSPS) is 25.1. The number of rotatable bonds is 2. The molecule has 1 fully saturated rings. The smallest absolute Gasteiger partial charge is 0.147 e. The Hall–Kier alpha value is -0.610. The van der Waals surface area contributed by atoms with Crippen molar-refractivity contribution in [1.29, 1.82) is 0 Å². The van der Waals surface area contributed by atoms with Gasteiger partial charge in [-0.2, -0.15) is 0 Å². The molecule has 0 saturated carbocycles. The summed E-state index contributed by atoms with van der Waals surface area (Å²) in [4.78, 5) is 2.16. The minimum absolute atomic E-state index is 0.144. The van der Waals surface area contributed by atoms with E-state index in [1.54, 1.807) is 0 Å². The zero-order chi connectivity index (χ0) is 12.4. The summed E-state index contributed by atoms with van der Waals surface area (Å²) in [7, 11) is 1.99. The molecule has 1 saturated heterocycles. The highest BCUT2D eigenvalue weighted by atomic mass is 79.9. The highest BCUT2D eigenvalue weighted by Crippen LogP contribution is 2.28. The van der Waals surface area contributed by atoms with Gasteiger partial charge < -0.3 is 10.2 Å². The molecular weight excluding hydrogens is 283 g/mol. The molecule has 1 heterocycles. The van der Waals surface area contributed by atoms with Crippen LogP contribution in [-0.4, -0.2) is 25.7 Å². The molecule has 4 heteroatoms. The summed E-state index contributed by atoms with van der Waals surface area (Å²) >= 11 is 3.29. The second kappa shape index (κ2) is 5.36. The van der Waals surface area contributed by atoms with Gasteiger partial charge in [0.25, 0.3) is 0 Å². The van der Waals surface area contributed by atoms with Crippen LogP contribution >= 0.6 is 15.9 Å². The van der Waals surface area contributed by atoms with Crippen LogP contribution in [0.1, 0.15) is 19.8 Å². The molecule has 1 aromatic carbocycles. The average Bonchev–Trinajstić information content (AvgIpc) is 2.30. The Morgan fingerprint density at radius 2 is 2.24 bits per heavy atom. The molecule has 0 radical (unpaired) electrons. The maximum Gasteiger partial charge on any atom is 0.147 e. The molecule has 2 rings (SSSR count). The van der Waals surface area contributed by atoms with Gasteiger partial charge in [0.05, 0.1) is 5.69 Å². The van der Waals surface area contributed by atoms with Gasteiger partial charge in [-0.15, -0.1) is 0 Å². The fraction of sp³-hybridized carbons (Fsp3) is 0.538. The summed E-state index contributed by atoms with van der Waals surface area (Å²) in [6, 6.07) is 6.22. The molecule has 0 spiro atoms. The zero-order valence-electron chi connectivity index (χ0n) is 10.2. The number of nitrogens with zero attached hydrogens (tertiary/aromatic N) is 1. The Kier molecular flexibility index (Phi) is 4.05. The van der Waals surface area contributed by atoms with Gasteiger partial charge in [0.15, 0.2) is 0 Å². The number of nitrogens with one attached hydrogen (secondary N) is 1.